The fraction of sp³-hybridized carbons (Fsp3) is 0.455. The maximum atomic E-state index is 10.4. The molecule has 0 aliphatic carbocycles. The van der Waals surface area contributed by atoms with Crippen molar-refractivity contribution in [3.05, 3.63) is 34.9 Å². The Kier molecular flexibility index (Phi) is 2.52. The minimum Gasteiger partial charge on any atom is -0.384 e. The van der Waals surface area contributed by atoms with Gasteiger partial charge in [0.25, 0.3) is 0 Å². The number of β-amino-alcohol motifs (C(OH)–C–C–N with tert-alkyl or cyclic N) is 1. The third-order valence-electron chi connectivity index (χ3n) is 2.81. The van der Waals surface area contributed by atoms with Crippen LogP contribution in [-0.4, -0.2) is 30.1 Å². The predicted octanol–water partition coefficient (Wildman–Crippen LogP) is 1.86. The molecule has 1 saturated heterocycles. The molecule has 0 radical (unpaired) electrons. The molecular formula is C11H14ClNO. The van der Waals surface area contributed by atoms with E-state index in [1.807, 2.05) is 31.3 Å². The zero-order valence-electron chi connectivity index (χ0n) is 8.20. The van der Waals surface area contributed by atoms with E-state index in [1.54, 1.807) is 0 Å². The lowest BCUT2D eigenvalue weighted by molar-refractivity contribution is 0.0490. The average molecular weight is 212 g/mol. The summed E-state index contributed by atoms with van der Waals surface area (Å²) in [5.41, 5.74) is 0.0959. The molecule has 1 unspecified atom stereocenters. The van der Waals surface area contributed by atoms with Crippen molar-refractivity contribution in [2.75, 3.05) is 20.1 Å². The SMILES string of the molecule is CN1CCC(O)(c2ccccc2Cl)C1. The number of likely N-dealkylation sites (tertiary alicyclic amines) is 1. The highest BCUT2D eigenvalue weighted by Gasteiger charge is 2.37. The molecule has 1 fully saturated rings. The average Bonchev–Trinajstić information content (AvgIpc) is 2.48. The highest BCUT2D eigenvalue weighted by atomic mass is 35.5. The monoisotopic (exact) mass is 211 g/mol. The highest BCUT2D eigenvalue weighted by Crippen LogP contribution is 2.35. The quantitative estimate of drug-likeness (QED) is 0.767. The van der Waals surface area contributed by atoms with Crippen LogP contribution in [0.4, 0.5) is 0 Å². The van der Waals surface area contributed by atoms with Gasteiger partial charge in [-0.05, 0) is 19.5 Å². The minimum atomic E-state index is -0.757. The van der Waals surface area contributed by atoms with Crippen LogP contribution in [0.2, 0.25) is 5.02 Å². The summed E-state index contributed by atoms with van der Waals surface area (Å²) < 4.78 is 0. The summed E-state index contributed by atoms with van der Waals surface area (Å²) in [5, 5.41) is 11.0. The zero-order chi connectivity index (χ0) is 10.2. The van der Waals surface area contributed by atoms with Gasteiger partial charge in [0.15, 0.2) is 0 Å². The van der Waals surface area contributed by atoms with E-state index in [0.717, 1.165) is 18.5 Å². The van der Waals surface area contributed by atoms with Crippen LogP contribution in [0.15, 0.2) is 24.3 Å². The van der Waals surface area contributed by atoms with Crippen LogP contribution in [0.1, 0.15) is 12.0 Å². The molecule has 1 aliphatic rings. The van der Waals surface area contributed by atoms with Crippen molar-refractivity contribution >= 4 is 11.6 Å². The number of hydrogen-bond donors (Lipinski definition) is 1. The van der Waals surface area contributed by atoms with Gasteiger partial charge in [0.1, 0.15) is 5.60 Å². The van der Waals surface area contributed by atoms with E-state index in [4.69, 9.17) is 11.6 Å². The van der Waals surface area contributed by atoms with E-state index in [2.05, 4.69) is 4.90 Å². The van der Waals surface area contributed by atoms with Crippen LogP contribution in [-0.2, 0) is 5.60 Å². The lowest BCUT2D eigenvalue weighted by atomic mass is 9.93. The fourth-order valence-electron chi connectivity index (χ4n) is 2.04. The zero-order valence-corrected chi connectivity index (χ0v) is 8.96. The molecule has 76 valence electrons. The molecule has 14 heavy (non-hydrogen) atoms. The van der Waals surface area contributed by atoms with E-state index >= 15 is 0 Å². The van der Waals surface area contributed by atoms with Gasteiger partial charge < -0.3 is 10.0 Å². The Hall–Kier alpha value is -0.570. The molecule has 1 N–H and O–H groups in total. The Balaban J connectivity index is 2.35. The normalized spacial score (nSPS) is 28.2. The van der Waals surface area contributed by atoms with E-state index in [1.165, 1.54) is 0 Å². The molecule has 0 aromatic heterocycles. The summed E-state index contributed by atoms with van der Waals surface area (Å²) >= 11 is 6.06. The van der Waals surface area contributed by atoms with Gasteiger partial charge in [0.05, 0.1) is 0 Å². The second-order valence-electron chi connectivity index (χ2n) is 4.00. The molecule has 1 atom stereocenters. The second-order valence-corrected chi connectivity index (χ2v) is 4.41. The number of hydrogen-bond acceptors (Lipinski definition) is 2. The van der Waals surface area contributed by atoms with Crippen molar-refractivity contribution in [3.8, 4) is 0 Å². The molecule has 0 bridgehead atoms. The molecule has 1 aliphatic heterocycles. The maximum absolute atomic E-state index is 10.4. The Bertz CT molecular complexity index is 342. The van der Waals surface area contributed by atoms with E-state index < -0.39 is 5.60 Å². The number of halogens is 1. The molecule has 2 rings (SSSR count). The number of likely N-dealkylation sites (N-methyl/N-ethyl adjacent to an activating group) is 1. The van der Waals surface area contributed by atoms with E-state index in [9.17, 15) is 5.11 Å². The first kappa shape index (κ1) is 9.97. The van der Waals surface area contributed by atoms with Gasteiger partial charge in [-0.15, -0.1) is 0 Å². The maximum Gasteiger partial charge on any atom is 0.105 e. The summed E-state index contributed by atoms with van der Waals surface area (Å²) in [6.45, 7) is 1.58. The first-order valence-corrected chi connectivity index (χ1v) is 5.15. The van der Waals surface area contributed by atoms with Crippen molar-refractivity contribution in [1.82, 2.24) is 4.90 Å². The molecule has 3 heteroatoms. The van der Waals surface area contributed by atoms with Gasteiger partial charge >= 0.3 is 0 Å². The Morgan fingerprint density at radius 2 is 2.14 bits per heavy atom. The van der Waals surface area contributed by atoms with Crippen LogP contribution in [0.25, 0.3) is 0 Å². The van der Waals surface area contributed by atoms with Crippen LogP contribution >= 0.6 is 11.6 Å². The Morgan fingerprint density at radius 3 is 2.71 bits per heavy atom. The topological polar surface area (TPSA) is 23.5 Å². The molecule has 0 amide bonds. The highest BCUT2D eigenvalue weighted by molar-refractivity contribution is 6.31. The summed E-state index contributed by atoms with van der Waals surface area (Å²) in [5.74, 6) is 0. The Morgan fingerprint density at radius 1 is 1.43 bits per heavy atom. The molecular weight excluding hydrogens is 198 g/mol. The second kappa shape index (κ2) is 3.54. The third-order valence-corrected chi connectivity index (χ3v) is 3.14. The standard InChI is InChI=1S/C11H14ClNO/c1-13-7-6-11(14,8-13)9-4-2-3-5-10(9)12/h2-5,14H,6-8H2,1H3. The van der Waals surface area contributed by atoms with Crippen LogP contribution in [0, 0.1) is 0 Å². The van der Waals surface area contributed by atoms with Crippen LogP contribution in [0.3, 0.4) is 0 Å². The lowest BCUT2D eigenvalue weighted by Gasteiger charge is -2.23. The Labute approximate surface area is 89.1 Å². The van der Waals surface area contributed by atoms with Gasteiger partial charge in [-0.1, -0.05) is 29.8 Å². The van der Waals surface area contributed by atoms with Gasteiger partial charge in [-0.25, -0.2) is 0 Å². The van der Waals surface area contributed by atoms with E-state index in [-0.39, 0.29) is 0 Å². The largest absolute Gasteiger partial charge is 0.384 e. The van der Waals surface area contributed by atoms with Crippen molar-refractivity contribution in [2.24, 2.45) is 0 Å². The van der Waals surface area contributed by atoms with Gasteiger partial charge in [0.2, 0.25) is 0 Å². The summed E-state index contributed by atoms with van der Waals surface area (Å²) in [4.78, 5) is 2.11. The van der Waals surface area contributed by atoms with Crippen LogP contribution in [0.5, 0.6) is 0 Å². The smallest absolute Gasteiger partial charge is 0.105 e. The number of rotatable bonds is 1. The van der Waals surface area contributed by atoms with Crippen molar-refractivity contribution in [3.63, 3.8) is 0 Å². The first-order chi connectivity index (χ1) is 6.62. The summed E-state index contributed by atoms with van der Waals surface area (Å²) in [7, 11) is 2.01. The molecule has 1 heterocycles. The van der Waals surface area contributed by atoms with Crippen molar-refractivity contribution in [2.45, 2.75) is 12.0 Å². The minimum absolute atomic E-state index is 0.658. The first-order valence-electron chi connectivity index (χ1n) is 4.78. The van der Waals surface area contributed by atoms with Crippen LogP contribution < -0.4 is 0 Å². The summed E-state index contributed by atoms with van der Waals surface area (Å²) in [6, 6.07) is 7.53. The third kappa shape index (κ3) is 1.65. The van der Waals surface area contributed by atoms with Gasteiger partial charge in [-0.2, -0.15) is 0 Å². The van der Waals surface area contributed by atoms with Gasteiger partial charge in [-0.3, -0.25) is 0 Å². The molecule has 0 spiro atoms. The lowest BCUT2D eigenvalue weighted by Crippen LogP contribution is -2.29. The van der Waals surface area contributed by atoms with E-state index in [0.29, 0.717) is 11.6 Å². The van der Waals surface area contributed by atoms with Gasteiger partial charge in [0, 0.05) is 23.7 Å². The molecule has 1 aromatic rings. The number of aliphatic hydroxyl groups is 1. The fourth-order valence-corrected chi connectivity index (χ4v) is 2.35. The molecule has 2 nitrogen and oxygen atoms in total. The predicted molar refractivity (Wildman–Crippen MR) is 57.5 cm³/mol. The number of nitrogens with zero attached hydrogens (tertiary/aromatic N) is 1. The molecule has 1 aromatic carbocycles. The summed E-state index contributed by atoms with van der Waals surface area (Å²) in [6.07, 6.45) is 0.757. The molecule has 0 saturated carbocycles. The van der Waals surface area contributed by atoms with Crippen molar-refractivity contribution in [1.29, 1.82) is 0 Å². The number of benzene rings is 1. The van der Waals surface area contributed by atoms with Crippen molar-refractivity contribution < 1.29 is 5.11 Å².